The number of carbonyl (C=O) groups excluding carboxylic acids is 1. The summed E-state index contributed by atoms with van der Waals surface area (Å²) in [6, 6.07) is 19.3. The molecule has 8 heteroatoms. The predicted octanol–water partition coefficient (Wildman–Crippen LogP) is 5.38. The Kier molecular flexibility index (Phi) is 15.2. The van der Waals surface area contributed by atoms with Crippen LogP contribution in [-0.2, 0) is 46.4 Å². The van der Waals surface area contributed by atoms with Gasteiger partial charge in [0, 0.05) is 20.6 Å². The summed E-state index contributed by atoms with van der Waals surface area (Å²) < 4.78 is 36.7. The van der Waals surface area contributed by atoms with Gasteiger partial charge in [-0.25, -0.2) is 0 Å². The Morgan fingerprint density at radius 1 is 0.825 bits per heavy atom. The van der Waals surface area contributed by atoms with Gasteiger partial charge in [-0.1, -0.05) is 99.7 Å². The van der Waals surface area contributed by atoms with Crippen LogP contribution in [0.25, 0.3) is 0 Å². The van der Waals surface area contributed by atoms with Crippen LogP contribution in [-0.4, -0.2) is 63.7 Å². The molecule has 40 heavy (non-hydrogen) atoms. The molecular weight excluding hydrogens is 510 g/mol. The van der Waals surface area contributed by atoms with Gasteiger partial charge in [0.15, 0.2) is 6.29 Å². The average Bonchev–Trinajstić information content (AvgIpc) is 2.97. The Labute approximate surface area is 239 Å². The van der Waals surface area contributed by atoms with Gasteiger partial charge in [-0.05, 0) is 17.5 Å². The zero-order valence-electron chi connectivity index (χ0n) is 24.3. The van der Waals surface area contributed by atoms with E-state index in [-0.39, 0.29) is 19.3 Å². The van der Waals surface area contributed by atoms with E-state index in [1.807, 2.05) is 60.7 Å². The molecule has 1 aliphatic rings. The molecule has 0 aliphatic carbocycles. The van der Waals surface area contributed by atoms with Gasteiger partial charge in [0.05, 0.1) is 19.8 Å². The number of methoxy groups -OCH3 is 1. The second-order valence-corrected chi connectivity index (χ2v) is 10.2. The molecule has 0 bridgehead atoms. The van der Waals surface area contributed by atoms with E-state index in [4.69, 9.17) is 28.4 Å². The second kappa shape index (κ2) is 18.9. The maximum absolute atomic E-state index is 12.3. The molecule has 8 nitrogen and oxygen atoms in total. The molecule has 0 aromatic heterocycles. The molecule has 1 fully saturated rings. The van der Waals surface area contributed by atoms with E-state index < -0.39 is 30.6 Å². The molecule has 3 rings (SSSR count). The first-order valence-corrected chi connectivity index (χ1v) is 14.5. The topological polar surface area (TPSA) is 84.5 Å². The highest BCUT2D eigenvalue weighted by molar-refractivity contribution is 5.73. The number of rotatable bonds is 19. The molecule has 1 heterocycles. The van der Waals surface area contributed by atoms with Gasteiger partial charge in [0.1, 0.15) is 31.1 Å². The van der Waals surface area contributed by atoms with Crippen LogP contribution in [0.15, 0.2) is 60.7 Å². The Morgan fingerprint density at radius 3 is 2.12 bits per heavy atom. The van der Waals surface area contributed by atoms with Crippen LogP contribution < -0.4 is 5.32 Å². The van der Waals surface area contributed by atoms with E-state index in [1.165, 1.54) is 32.6 Å². The largest absolute Gasteiger partial charge is 0.374 e. The van der Waals surface area contributed by atoms with Crippen molar-refractivity contribution in [3.63, 3.8) is 0 Å². The maximum atomic E-state index is 12.3. The molecule has 1 N–H and O–H groups in total. The summed E-state index contributed by atoms with van der Waals surface area (Å²) in [6.45, 7) is 5.31. The summed E-state index contributed by atoms with van der Waals surface area (Å²) in [6.07, 6.45) is 4.56. The van der Waals surface area contributed by atoms with Gasteiger partial charge in [-0.2, -0.15) is 0 Å². The summed E-state index contributed by atoms with van der Waals surface area (Å²) in [5.74, 6) is -0.201. The van der Waals surface area contributed by atoms with Crippen molar-refractivity contribution in [2.24, 2.45) is 0 Å². The highest BCUT2D eigenvalue weighted by Crippen LogP contribution is 2.29. The molecule has 2 aromatic carbocycles. The van der Waals surface area contributed by atoms with E-state index >= 15 is 0 Å². The van der Waals surface area contributed by atoms with Crippen LogP contribution in [0.2, 0.25) is 0 Å². The fraction of sp³-hybridized carbons (Fsp3) is 0.594. The Bertz CT molecular complexity index is 929. The highest BCUT2D eigenvalue weighted by atomic mass is 16.7. The van der Waals surface area contributed by atoms with Crippen LogP contribution in [0.4, 0.5) is 0 Å². The van der Waals surface area contributed by atoms with Crippen LogP contribution >= 0.6 is 0 Å². The Hall–Kier alpha value is -2.33. The Balaban J connectivity index is 1.75. The van der Waals surface area contributed by atoms with Gasteiger partial charge in [-0.15, -0.1) is 0 Å². The van der Waals surface area contributed by atoms with Crippen molar-refractivity contribution in [3.05, 3.63) is 71.8 Å². The van der Waals surface area contributed by atoms with Crippen LogP contribution in [0.1, 0.15) is 63.5 Å². The van der Waals surface area contributed by atoms with Gasteiger partial charge in [0.25, 0.3) is 0 Å². The first-order valence-electron chi connectivity index (χ1n) is 14.5. The van der Waals surface area contributed by atoms with Crippen molar-refractivity contribution >= 4 is 5.91 Å². The molecule has 2 aromatic rings. The summed E-state index contributed by atoms with van der Waals surface area (Å²) in [7, 11) is 1.57. The van der Waals surface area contributed by atoms with Crippen molar-refractivity contribution in [2.75, 3.05) is 27.1 Å². The monoisotopic (exact) mass is 557 g/mol. The first-order chi connectivity index (χ1) is 19.6. The number of benzene rings is 2. The number of nitrogens with one attached hydrogen (secondary N) is 1. The minimum absolute atomic E-state index is 0.0354. The third-order valence-corrected chi connectivity index (χ3v) is 6.85. The van der Waals surface area contributed by atoms with Crippen molar-refractivity contribution in [1.29, 1.82) is 0 Å². The van der Waals surface area contributed by atoms with E-state index in [1.54, 1.807) is 7.11 Å². The smallest absolute Gasteiger partial charge is 0.217 e. The van der Waals surface area contributed by atoms with Crippen molar-refractivity contribution in [2.45, 2.75) is 96.2 Å². The molecular formula is C32H47NO7. The lowest BCUT2D eigenvalue weighted by Gasteiger charge is -2.46. The fourth-order valence-corrected chi connectivity index (χ4v) is 4.83. The zero-order valence-corrected chi connectivity index (χ0v) is 24.3. The average molecular weight is 558 g/mol. The molecule has 1 aliphatic heterocycles. The number of unbranched alkanes of at least 4 members (excludes halogenated alkanes) is 5. The Morgan fingerprint density at radius 2 is 1.48 bits per heavy atom. The van der Waals surface area contributed by atoms with Crippen molar-refractivity contribution in [3.8, 4) is 0 Å². The summed E-state index contributed by atoms with van der Waals surface area (Å²) >= 11 is 0. The summed E-state index contributed by atoms with van der Waals surface area (Å²) in [5, 5.41) is 3.00. The van der Waals surface area contributed by atoms with Crippen LogP contribution in [0, 0.1) is 0 Å². The lowest BCUT2D eigenvalue weighted by molar-refractivity contribution is -0.296. The van der Waals surface area contributed by atoms with Gasteiger partial charge in [0.2, 0.25) is 5.91 Å². The standard InChI is InChI=1S/C32H47NO7/c1-4-5-6-7-8-15-20-37-32-29(33-25(2)34)31(39-24-35-3)30(38-22-27-18-13-10-14-19-27)28(40-32)23-36-21-26-16-11-9-12-17-26/h9-14,16-19,28-32H,4-8,15,20-24H2,1-3H3,(H,33,34)/t28-,29-,30-,31-,32-/m1/s1. The molecule has 5 atom stereocenters. The predicted molar refractivity (Wildman–Crippen MR) is 153 cm³/mol. The number of ether oxygens (including phenoxy) is 6. The minimum atomic E-state index is -0.719. The van der Waals surface area contributed by atoms with E-state index in [0.717, 1.165) is 24.0 Å². The SMILES string of the molecule is CCCCCCCCO[C@@H]1O[C@H](COCc2ccccc2)[C@@H](OCc2ccccc2)[C@H](OCOC)[C@H]1NC(C)=O. The molecule has 1 amide bonds. The summed E-state index contributed by atoms with van der Waals surface area (Å²) in [4.78, 5) is 12.3. The lowest BCUT2D eigenvalue weighted by atomic mass is 9.96. The van der Waals surface area contributed by atoms with E-state index in [2.05, 4.69) is 12.2 Å². The van der Waals surface area contributed by atoms with Crippen molar-refractivity contribution < 1.29 is 33.2 Å². The van der Waals surface area contributed by atoms with E-state index in [9.17, 15) is 4.79 Å². The summed E-state index contributed by atoms with van der Waals surface area (Å²) in [5.41, 5.74) is 2.09. The highest BCUT2D eigenvalue weighted by Gasteiger charge is 2.48. The molecule has 222 valence electrons. The van der Waals surface area contributed by atoms with Crippen LogP contribution in [0.5, 0.6) is 0 Å². The number of hydrogen-bond acceptors (Lipinski definition) is 7. The molecule has 1 saturated heterocycles. The number of amides is 1. The molecule has 0 radical (unpaired) electrons. The normalized spacial score (nSPS) is 22.7. The van der Waals surface area contributed by atoms with E-state index in [0.29, 0.717) is 19.8 Å². The molecule has 0 spiro atoms. The van der Waals surface area contributed by atoms with Crippen molar-refractivity contribution in [1.82, 2.24) is 5.32 Å². The molecule has 0 saturated carbocycles. The van der Waals surface area contributed by atoms with Gasteiger partial charge in [-0.3, -0.25) is 4.79 Å². The quantitative estimate of drug-likeness (QED) is 0.183. The van der Waals surface area contributed by atoms with Gasteiger partial charge < -0.3 is 33.7 Å². The third kappa shape index (κ3) is 11.3. The lowest BCUT2D eigenvalue weighted by Crippen LogP contribution is -2.66. The number of hydrogen-bond donors (Lipinski definition) is 1. The fourth-order valence-electron chi connectivity index (χ4n) is 4.83. The first kappa shape index (κ1) is 32.2. The van der Waals surface area contributed by atoms with Crippen LogP contribution in [0.3, 0.4) is 0 Å². The minimum Gasteiger partial charge on any atom is -0.374 e. The third-order valence-electron chi connectivity index (χ3n) is 6.85. The molecule has 0 unspecified atom stereocenters. The second-order valence-electron chi connectivity index (χ2n) is 10.2. The zero-order chi connectivity index (χ0) is 28.4. The number of carbonyl (C=O) groups is 1. The van der Waals surface area contributed by atoms with Gasteiger partial charge >= 0.3 is 0 Å². The maximum Gasteiger partial charge on any atom is 0.217 e.